The summed E-state index contributed by atoms with van der Waals surface area (Å²) in [5, 5.41) is 3.17. The quantitative estimate of drug-likeness (QED) is 0.623. The van der Waals surface area contributed by atoms with E-state index in [1.165, 1.54) is 0 Å². The molecule has 0 radical (unpaired) electrons. The van der Waals surface area contributed by atoms with Crippen molar-refractivity contribution in [1.29, 1.82) is 0 Å². The van der Waals surface area contributed by atoms with E-state index in [1.54, 1.807) is 11.0 Å². The van der Waals surface area contributed by atoms with Crippen LogP contribution in [0, 0.1) is 6.92 Å². The van der Waals surface area contributed by atoms with E-state index in [1.807, 2.05) is 13.0 Å². The lowest BCUT2D eigenvalue weighted by Gasteiger charge is -2.32. The number of hydrogen-bond donors (Lipinski definition) is 1. The van der Waals surface area contributed by atoms with Gasteiger partial charge in [-0.05, 0) is 6.92 Å². The second-order valence-corrected chi connectivity index (χ2v) is 4.49. The van der Waals surface area contributed by atoms with Crippen molar-refractivity contribution in [3.05, 3.63) is 24.4 Å². The van der Waals surface area contributed by atoms with Crippen LogP contribution in [0.2, 0.25) is 0 Å². The summed E-state index contributed by atoms with van der Waals surface area (Å²) in [7, 11) is 0. The molecule has 6 nitrogen and oxygen atoms in total. The van der Waals surface area contributed by atoms with Crippen LogP contribution in [0.3, 0.4) is 0 Å². The van der Waals surface area contributed by atoms with Crippen molar-refractivity contribution in [3.63, 3.8) is 0 Å². The third kappa shape index (κ3) is 3.43. The molecule has 0 spiro atoms. The van der Waals surface area contributed by atoms with Crippen molar-refractivity contribution >= 4 is 18.2 Å². The smallest absolute Gasteiger partial charge is 0.227 e. The van der Waals surface area contributed by atoms with Gasteiger partial charge in [0.15, 0.2) is 0 Å². The number of anilines is 2. The van der Waals surface area contributed by atoms with Crippen LogP contribution in [0.25, 0.3) is 0 Å². The van der Waals surface area contributed by atoms with E-state index >= 15 is 0 Å². The fraction of sp³-hybridized carbons (Fsp3) is 0.462. The Morgan fingerprint density at radius 3 is 2.74 bits per heavy atom. The molecule has 1 saturated heterocycles. The number of amides is 1. The van der Waals surface area contributed by atoms with Crippen molar-refractivity contribution in [2.75, 3.05) is 42.9 Å². The van der Waals surface area contributed by atoms with Gasteiger partial charge in [-0.1, -0.05) is 6.08 Å². The molecule has 1 N–H and O–H groups in total. The van der Waals surface area contributed by atoms with Gasteiger partial charge < -0.3 is 15.1 Å². The average molecular weight is 261 g/mol. The van der Waals surface area contributed by atoms with Gasteiger partial charge in [0, 0.05) is 44.5 Å². The van der Waals surface area contributed by atoms with Crippen LogP contribution in [0.1, 0.15) is 5.69 Å². The summed E-state index contributed by atoms with van der Waals surface area (Å²) in [6.07, 6.45) is 2.69. The van der Waals surface area contributed by atoms with Gasteiger partial charge in [0.05, 0.1) is 0 Å². The lowest BCUT2D eigenvalue weighted by molar-refractivity contribution is -0.118. The molecule has 1 amide bonds. The van der Waals surface area contributed by atoms with E-state index in [-0.39, 0.29) is 0 Å². The zero-order chi connectivity index (χ0) is 13.7. The van der Waals surface area contributed by atoms with Gasteiger partial charge in [-0.25, -0.2) is 4.98 Å². The minimum absolute atomic E-state index is 0.675. The summed E-state index contributed by atoms with van der Waals surface area (Å²) in [5.74, 6) is 1.53. The highest BCUT2D eigenvalue weighted by Crippen LogP contribution is 2.15. The minimum Gasteiger partial charge on any atom is -0.366 e. The third-order valence-corrected chi connectivity index (χ3v) is 3.02. The molecule has 1 fully saturated rings. The van der Waals surface area contributed by atoms with Crippen molar-refractivity contribution in [2.24, 2.45) is 0 Å². The molecule has 0 aromatic carbocycles. The second kappa shape index (κ2) is 6.17. The van der Waals surface area contributed by atoms with Crippen molar-refractivity contribution in [1.82, 2.24) is 14.9 Å². The lowest BCUT2D eigenvalue weighted by Crippen LogP contribution is -2.46. The van der Waals surface area contributed by atoms with Gasteiger partial charge in [-0.3, -0.25) is 4.79 Å². The van der Waals surface area contributed by atoms with Crippen LogP contribution in [0.15, 0.2) is 18.7 Å². The number of nitrogens with zero attached hydrogens (tertiary/aromatic N) is 4. The zero-order valence-electron chi connectivity index (χ0n) is 11.2. The summed E-state index contributed by atoms with van der Waals surface area (Å²) in [6, 6.07) is 1.91. The molecular weight excluding hydrogens is 242 g/mol. The average Bonchev–Trinajstić information content (AvgIpc) is 2.44. The lowest BCUT2D eigenvalue weighted by atomic mass is 10.3. The molecule has 102 valence electrons. The number of aryl methyl sites for hydroxylation is 1. The third-order valence-electron chi connectivity index (χ3n) is 3.02. The molecule has 0 bridgehead atoms. The summed E-state index contributed by atoms with van der Waals surface area (Å²) in [4.78, 5) is 23.5. The van der Waals surface area contributed by atoms with Crippen LogP contribution >= 0.6 is 0 Å². The molecule has 6 heteroatoms. The highest BCUT2D eigenvalue weighted by molar-refractivity contribution is 5.49. The molecule has 1 aromatic rings. The van der Waals surface area contributed by atoms with Gasteiger partial charge in [-0.15, -0.1) is 6.58 Å². The molecular formula is C13H19N5O. The number of carbonyl (C=O) groups excluding carboxylic acids is 1. The molecule has 0 unspecified atom stereocenters. The van der Waals surface area contributed by atoms with E-state index in [0.29, 0.717) is 6.54 Å². The van der Waals surface area contributed by atoms with E-state index in [9.17, 15) is 4.79 Å². The number of hydrogen-bond acceptors (Lipinski definition) is 5. The van der Waals surface area contributed by atoms with Crippen molar-refractivity contribution in [3.8, 4) is 0 Å². The summed E-state index contributed by atoms with van der Waals surface area (Å²) in [5.41, 5.74) is 0.925. The Bertz CT molecular complexity index is 454. The first-order valence-electron chi connectivity index (χ1n) is 6.37. The molecule has 0 aliphatic carbocycles. The predicted octanol–water partition coefficient (Wildman–Crippen LogP) is 0.661. The number of carbonyl (C=O) groups is 1. The van der Waals surface area contributed by atoms with E-state index < -0.39 is 0 Å². The van der Waals surface area contributed by atoms with Crippen LogP contribution in [-0.2, 0) is 4.79 Å². The first-order valence-corrected chi connectivity index (χ1v) is 6.37. The predicted molar refractivity (Wildman–Crippen MR) is 75.3 cm³/mol. The van der Waals surface area contributed by atoms with E-state index in [4.69, 9.17) is 0 Å². The molecule has 2 rings (SSSR count). The standard InChI is InChI=1S/C13H19N5O/c1-3-4-14-12-9-11(2)15-13(16-12)18-7-5-17(10-19)6-8-18/h3,9-10H,1,4-8H2,2H3,(H,14,15,16). The molecule has 0 saturated carbocycles. The Kier molecular flexibility index (Phi) is 4.33. The summed E-state index contributed by atoms with van der Waals surface area (Å²) >= 11 is 0. The first kappa shape index (κ1) is 13.3. The molecule has 1 aliphatic rings. The Labute approximate surface area is 113 Å². The molecule has 19 heavy (non-hydrogen) atoms. The Hall–Kier alpha value is -2.11. The van der Waals surface area contributed by atoms with Crippen LogP contribution in [-0.4, -0.2) is 54.0 Å². The number of rotatable bonds is 5. The number of piperazine rings is 1. The first-order chi connectivity index (χ1) is 9.22. The highest BCUT2D eigenvalue weighted by atomic mass is 16.1. The minimum atomic E-state index is 0.675. The maximum Gasteiger partial charge on any atom is 0.227 e. The number of nitrogens with one attached hydrogen (secondary N) is 1. The van der Waals surface area contributed by atoms with E-state index in [2.05, 4.69) is 26.8 Å². The topological polar surface area (TPSA) is 61.4 Å². The zero-order valence-corrected chi connectivity index (χ0v) is 11.2. The van der Waals surface area contributed by atoms with Gasteiger partial charge in [0.2, 0.25) is 12.4 Å². The van der Waals surface area contributed by atoms with Gasteiger partial charge in [-0.2, -0.15) is 4.98 Å². The van der Waals surface area contributed by atoms with Gasteiger partial charge in [0.25, 0.3) is 0 Å². The summed E-state index contributed by atoms with van der Waals surface area (Å²) in [6.45, 7) is 9.27. The number of aromatic nitrogens is 2. The Balaban J connectivity index is 2.09. The molecule has 1 aliphatic heterocycles. The Morgan fingerprint density at radius 1 is 1.37 bits per heavy atom. The van der Waals surface area contributed by atoms with Gasteiger partial charge >= 0.3 is 0 Å². The van der Waals surface area contributed by atoms with Crippen molar-refractivity contribution in [2.45, 2.75) is 6.92 Å². The van der Waals surface area contributed by atoms with E-state index in [0.717, 1.165) is 50.0 Å². The second-order valence-electron chi connectivity index (χ2n) is 4.49. The monoisotopic (exact) mass is 261 g/mol. The summed E-state index contributed by atoms with van der Waals surface area (Å²) < 4.78 is 0. The largest absolute Gasteiger partial charge is 0.366 e. The maximum atomic E-state index is 10.7. The fourth-order valence-electron chi connectivity index (χ4n) is 1.99. The normalized spacial score (nSPS) is 15.2. The van der Waals surface area contributed by atoms with Gasteiger partial charge in [0.1, 0.15) is 5.82 Å². The molecule has 1 aromatic heterocycles. The van der Waals surface area contributed by atoms with Crippen molar-refractivity contribution < 1.29 is 4.79 Å². The van der Waals surface area contributed by atoms with Crippen LogP contribution in [0.4, 0.5) is 11.8 Å². The molecule has 0 atom stereocenters. The van der Waals surface area contributed by atoms with Crippen LogP contribution in [0.5, 0.6) is 0 Å². The molecule has 2 heterocycles. The highest BCUT2D eigenvalue weighted by Gasteiger charge is 2.18. The Morgan fingerprint density at radius 2 is 2.11 bits per heavy atom. The maximum absolute atomic E-state index is 10.7. The SMILES string of the molecule is C=CCNc1cc(C)nc(N2CCN(C=O)CC2)n1. The fourth-order valence-corrected chi connectivity index (χ4v) is 1.99. The van der Waals surface area contributed by atoms with Crippen LogP contribution < -0.4 is 10.2 Å².